The Morgan fingerprint density at radius 2 is 2.16 bits per heavy atom. The molecule has 1 aliphatic heterocycles. The summed E-state index contributed by atoms with van der Waals surface area (Å²) in [5.41, 5.74) is 0.0344. The van der Waals surface area contributed by atoms with Gasteiger partial charge in [0, 0.05) is 5.02 Å². The van der Waals surface area contributed by atoms with E-state index in [1.54, 1.807) is 18.2 Å². The summed E-state index contributed by atoms with van der Waals surface area (Å²) in [6.45, 7) is -0.182. The number of hydrogen-bond acceptors (Lipinski definition) is 5. The van der Waals surface area contributed by atoms with E-state index >= 15 is 0 Å². The number of hydrogen-bond donors (Lipinski definition) is 1. The molecule has 1 aliphatic carbocycles. The summed E-state index contributed by atoms with van der Waals surface area (Å²) >= 11 is 5.96. The second-order valence-electron chi connectivity index (χ2n) is 6.52. The van der Waals surface area contributed by atoms with E-state index in [-0.39, 0.29) is 13.2 Å². The number of carbonyl (C=O) groups excluding carboxylic acids is 2. The number of nitrogens with one attached hydrogen (secondary N) is 1. The van der Waals surface area contributed by atoms with E-state index in [0.29, 0.717) is 30.0 Å². The van der Waals surface area contributed by atoms with E-state index in [0.717, 1.165) is 18.4 Å². The molecule has 0 radical (unpaired) electrons. The van der Waals surface area contributed by atoms with E-state index < -0.39 is 23.3 Å². The lowest BCUT2D eigenvalue weighted by molar-refractivity contribution is -0.154. The van der Waals surface area contributed by atoms with E-state index in [1.165, 1.54) is 0 Å². The van der Waals surface area contributed by atoms with Crippen molar-refractivity contribution in [3.63, 3.8) is 0 Å². The molecular formula is C18H19ClN2O4. The highest BCUT2D eigenvalue weighted by molar-refractivity contribution is 6.30. The molecule has 7 heteroatoms. The zero-order valence-corrected chi connectivity index (χ0v) is 14.5. The third-order valence-electron chi connectivity index (χ3n) is 4.66. The number of ether oxygens (including phenoxy) is 2. The van der Waals surface area contributed by atoms with Crippen LogP contribution in [-0.4, -0.2) is 30.6 Å². The minimum Gasteiger partial charge on any atom is -0.492 e. The molecule has 1 atom stereocenters. The van der Waals surface area contributed by atoms with Crippen LogP contribution in [0.1, 0.15) is 31.2 Å². The topological polar surface area (TPSA) is 88.4 Å². The van der Waals surface area contributed by atoms with Crippen LogP contribution >= 0.6 is 11.6 Å². The van der Waals surface area contributed by atoms with Crippen LogP contribution < -0.4 is 10.1 Å². The lowest BCUT2D eigenvalue weighted by Gasteiger charge is -2.25. The molecule has 2 aliphatic rings. The Morgan fingerprint density at radius 3 is 2.88 bits per heavy atom. The van der Waals surface area contributed by atoms with Crippen molar-refractivity contribution in [1.82, 2.24) is 5.32 Å². The fourth-order valence-corrected chi connectivity index (χ4v) is 3.51. The Morgan fingerprint density at radius 1 is 1.40 bits per heavy atom. The Kier molecular flexibility index (Phi) is 5.14. The van der Waals surface area contributed by atoms with Crippen molar-refractivity contribution in [1.29, 1.82) is 5.26 Å². The molecule has 1 amide bonds. The molecule has 6 nitrogen and oxygen atoms in total. The van der Waals surface area contributed by atoms with Crippen LogP contribution in [0.5, 0.6) is 5.75 Å². The molecule has 25 heavy (non-hydrogen) atoms. The SMILES string of the molecule is N#CC1(NC(=O)COC(=O)[C@H]2COc3ccc(Cl)cc3C2)CCCC1. The van der Waals surface area contributed by atoms with Gasteiger partial charge in [-0.2, -0.15) is 5.26 Å². The second-order valence-corrected chi connectivity index (χ2v) is 6.96. The fourth-order valence-electron chi connectivity index (χ4n) is 3.32. The quantitative estimate of drug-likeness (QED) is 0.831. The van der Waals surface area contributed by atoms with Crippen LogP contribution in [0.3, 0.4) is 0 Å². The number of benzene rings is 1. The zero-order chi connectivity index (χ0) is 17.9. The Balaban J connectivity index is 1.51. The van der Waals surface area contributed by atoms with Gasteiger partial charge in [0.05, 0.1) is 12.0 Å². The normalized spacial score (nSPS) is 20.7. The summed E-state index contributed by atoms with van der Waals surface area (Å²) in [5, 5.41) is 12.5. The minimum atomic E-state index is -0.812. The summed E-state index contributed by atoms with van der Waals surface area (Å²) in [6, 6.07) is 7.44. The van der Waals surface area contributed by atoms with Gasteiger partial charge in [0.1, 0.15) is 17.9 Å². The van der Waals surface area contributed by atoms with Gasteiger partial charge in [0.15, 0.2) is 6.61 Å². The van der Waals surface area contributed by atoms with E-state index in [1.807, 2.05) is 0 Å². The van der Waals surface area contributed by atoms with Gasteiger partial charge in [0.2, 0.25) is 0 Å². The highest BCUT2D eigenvalue weighted by Gasteiger charge is 2.36. The molecule has 0 saturated heterocycles. The maximum absolute atomic E-state index is 12.2. The molecule has 0 unspecified atom stereocenters. The molecule has 1 N–H and O–H groups in total. The van der Waals surface area contributed by atoms with Crippen LogP contribution in [0.25, 0.3) is 0 Å². The van der Waals surface area contributed by atoms with E-state index in [9.17, 15) is 14.9 Å². The highest BCUT2D eigenvalue weighted by atomic mass is 35.5. The van der Waals surface area contributed by atoms with Crippen molar-refractivity contribution in [3.8, 4) is 11.8 Å². The number of nitrogens with zero attached hydrogens (tertiary/aromatic N) is 1. The first-order valence-corrected chi connectivity index (χ1v) is 8.69. The number of amides is 1. The van der Waals surface area contributed by atoms with Crippen molar-refractivity contribution in [2.75, 3.05) is 13.2 Å². The first kappa shape index (κ1) is 17.6. The smallest absolute Gasteiger partial charge is 0.313 e. The van der Waals surface area contributed by atoms with E-state index in [2.05, 4.69) is 11.4 Å². The van der Waals surface area contributed by atoms with Gasteiger partial charge in [-0.25, -0.2) is 0 Å². The molecule has 3 rings (SSSR count). The number of halogens is 1. The molecule has 1 fully saturated rings. The molecule has 0 bridgehead atoms. The molecule has 0 spiro atoms. The third-order valence-corrected chi connectivity index (χ3v) is 4.89. The molecule has 1 heterocycles. The van der Waals surface area contributed by atoms with Crippen LogP contribution in [0, 0.1) is 17.2 Å². The largest absolute Gasteiger partial charge is 0.492 e. The molecule has 1 aromatic rings. The monoisotopic (exact) mass is 362 g/mol. The molecule has 132 valence electrons. The van der Waals surface area contributed by atoms with Crippen molar-refractivity contribution in [3.05, 3.63) is 28.8 Å². The molecule has 1 saturated carbocycles. The minimum absolute atomic E-state index is 0.206. The average molecular weight is 363 g/mol. The van der Waals surface area contributed by atoms with Crippen LogP contribution in [-0.2, 0) is 20.7 Å². The fraction of sp³-hybridized carbons (Fsp3) is 0.500. The van der Waals surface area contributed by atoms with Crippen molar-refractivity contribution in [2.24, 2.45) is 5.92 Å². The van der Waals surface area contributed by atoms with Gasteiger partial charge in [-0.3, -0.25) is 9.59 Å². The van der Waals surface area contributed by atoms with Crippen LogP contribution in [0.4, 0.5) is 0 Å². The summed E-state index contributed by atoms with van der Waals surface area (Å²) in [6.07, 6.45) is 3.55. The summed E-state index contributed by atoms with van der Waals surface area (Å²) in [7, 11) is 0. The lowest BCUT2D eigenvalue weighted by Crippen LogP contribution is -2.47. The summed E-state index contributed by atoms with van der Waals surface area (Å²) in [4.78, 5) is 24.2. The molecular weight excluding hydrogens is 344 g/mol. The number of esters is 1. The molecule has 1 aromatic carbocycles. The summed E-state index contributed by atoms with van der Waals surface area (Å²) < 4.78 is 10.7. The van der Waals surface area contributed by atoms with Crippen LogP contribution in [0.2, 0.25) is 5.02 Å². The lowest BCUT2D eigenvalue weighted by atomic mass is 9.97. The Hall–Kier alpha value is -2.26. The highest BCUT2D eigenvalue weighted by Crippen LogP contribution is 2.30. The maximum Gasteiger partial charge on any atom is 0.313 e. The van der Waals surface area contributed by atoms with Gasteiger partial charge >= 0.3 is 5.97 Å². The predicted octanol–water partition coefficient (Wildman–Crippen LogP) is 2.39. The number of rotatable bonds is 4. The Labute approximate surface area is 151 Å². The average Bonchev–Trinajstić information content (AvgIpc) is 3.08. The Bertz CT molecular complexity index is 722. The second kappa shape index (κ2) is 7.32. The molecule has 0 aromatic heterocycles. The standard InChI is InChI=1S/C18H19ClN2O4/c19-14-3-4-15-12(8-14)7-13(9-24-15)17(23)25-10-16(22)21-18(11-20)5-1-2-6-18/h3-4,8,13H,1-2,5-7,9-10H2,(H,21,22)/t13-/m1/s1. The first-order chi connectivity index (χ1) is 12.0. The third kappa shape index (κ3) is 4.05. The number of nitriles is 1. The maximum atomic E-state index is 12.2. The van der Waals surface area contributed by atoms with Gasteiger partial charge in [-0.1, -0.05) is 11.6 Å². The van der Waals surface area contributed by atoms with Crippen molar-refractivity contribution in [2.45, 2.75) is 37.6 Å². The van der Waals surface area contributed by atoms with E-state index in [4.69, 9.17) is 21.1 Å². The number of carbonyl (C=O) groups is 2. The van der Waals surface area contributed by atoms with Crippen molar-refractivity contribution >= 4 is 23.5 Å². The van der Waals surface area contributed by atoms with Gasteiger partial charge in [-0.05, 0) is 55.9 Å². The van der Waals surface area contributed by atoms with Gasteiger partial charge < -0.3 is 14.8 Å². The summed E-state index contributed by atoms with van der Waals surface area (Å²) in [5.74, 6) is -0.700. The predicted molar refractivity (Wildman–Crippen MR) is 90.1 cm³/mol. The van der Waals surface area contributed by atoms with Crippen molar-refractivity contribution < 1.29 is 19.1 Å². The number of fused-ring (bicyclic) bond motifs is 1. The first-order valence-electron chi connectivity index (χ1n) is 8.31. The zero-order valence-electron chi connectivity index (χ0n) is 13.7. The van der Waals surface area contributed by atoms with Gasteiger partial charge in [0.25, 0.3) is 5.91 Å². The van der Waals surface area contributed by atoms with Gasteiger partial charge in [-0.15, -0.1) is 0 Å². The van der Waals surface area contributed by atoms with Crippen LogP contribution in [0.15, 0.2) is 18.2 Å².